The van der Waals surface area contributed by atoms with E-state index >= 15 is 9.59 Å². The maximum atomic E-state index is 15.0. The fraction of sp³-hybridized carbons (Fsp3) is 0.567. The predicted octanol–water partition coefficient (Wildman–Crippen LogP) is 4.85. The third kappa shape index (κ3) is 24.8. The van der Waals surface area contributed by atoms with Gasteiger partial charge in [-0.2, -0.15) is 0 Å². The molecule has 10 atom stereocenters. The molecule has 9 amide bonds. The van der Waals surface area contributed by atoms with Gasteiger partial charge in [-0.3, -0.25) is 43.2 Å². The summed E-state index contributed by atoms with van der Waals surface area (Å²) < 4.78 is 17.7. The second-order valence-corrected chi connectivity index (χ2v) is 26.5. The molecule has 1 aliphatic rings. The number of benzene rings is 3. The van der Waals surface area contributed by atoms with E-state index in [4.69, 9.17) is 19.9 Å². The van der Waals surface area contributed by atoms with E-state index < -0.39 is 156 Å². The van der Waals surface area contributed by atoms with Gasteiger partial charge in [0.05, 0.1) is 30.3 Å². The maximum Gasteiger partial charge on any atom is 0.417 e. The number of likely N-dealkylation sites (tertiary alicyclic amines) is 1. The molecule has 3 aromatic rings. The smallest absolute Gasteiger partial charge is 0.417 e. The fourth-order valence-corrected chi connectivity index (χ4v) is 10.2. The van der Waals surface area contributed by atoms with Gasteiger partial charge in [-0.25, -0.2) is 9.69 Å². The van der Waals surface area contributed by atoms with Crippen molar-refractivity contribution in [3.63, 3.8) is 0 Å². The zero-order valence-corrected chi connectivity index (χ0v) is 55.2. The number of amides is 9. The molecule has 0 aromatic heterocycles. The Balaban J connectivity index is 1.68. The van der Waals surface area contributed by atoms with Gasteiger partial charge in [0, 0.05) is 25.8 Å². The van der Waals surface area contributed by atoms with Gasteiger partial charge in [-0.1, -0.05) is 107 Å². The number of hydrogen-bond acceptors (Lipinski definition) is 15. The molecule has 0 saturated carbocycles. The third-order valence-corrected chi connectivity index (χ3v) is 14.8. The Morgan fingerprint density at radius 3 is 1.68 bits per heavy atom. The number of rotatable bonds is 31. The first-order chi connectivity index (χ1) is 42.5. The highest BCUT2D eigenvalue weighted by Crippen LogP contribution is 2.24. The van der Waals surface area contributed by atoms with E-state index in [1.54, 1.807) is 96.1 Å². The van der Waals surface area contributed by atoms with Crippen molar-refractivity contribution in [2.75, 3.05) is 13.1 Å². The topological polar surface area (TPSA) is 340 Å². The minimum absolute atomic E-state index is 0.111. The average Bonchev–Trinajstić information content (AvgIpc) is 1.96. The Morgan fingerprint density at radius 1 is 0.648 bits per heavy atom. The van der Waals surface area contributed by atoms with Crippen LogP contribution in [0.5, 0.6) is 5.75 Å². The Kier molecular flexibility index (Phi) is 28.3. The number of aliphatic carboxylic acids is 1. The minimum atomic E-state index is -1.60. The number of hydrogen-bond donors (Lipinski definition) is 8. The van der Waals surface area contributed by atoms with Gasteiger partial charge in [0.2, 0.25) is 41.4 Å². The quantitative estimate of drug-likeness (QED) is 0.0399. The van der Waals surface area contributed by atoms with Crippen molar-refractivity contribution in [1.29, 1.82) is 0 Å². The Morgan fingerprint density at radius 2 is 1.18 bits per heavy atom. The number of nitrogens with zero attached hydrogens (tertiary/aromatic N) is 2. The van der Waals surface area contributed by atoms with E-state index in [2.05, 4.69) is 31.9 Å². The molecule has 0 aliphatic carbocycles. The number of carboxylic acids is 1. The van der Waals surface area contributed by atoms with Crippen LogP contribution >= 0.6 is 0 Å². The third-order valence-electron chi connectivity index (χ3n) is 14.8. The Hall–Kier alpha value is -8.25. The summed E-state index contributed by atoms with van der Waals surface area (Å²) in [6.45, 7) is 23.3. The highest BCUT2D eigenvalue weighted by atomic mass is 16.6. The van der Waals surface area contributed by atoms with Gasteiger partial charge in [-0.15, -0.1) is 0 Å². The molecular weight excluding hydrogens is 1170 g/mol. The van der Waals surface area contributed by atoms with Crippen LogP contribution in [0, 0.1) is 11.8 Å². The highest BCUT2D eigenvalue weighted by molar-refractivity contribution is 6.00. The molecular formula is C67H97N9O15. The molecule has 0 bridgehead atoms. The van der Waals surface area contributed by atoms with Crippen LogP contribution in [0.15, 0.2) is 84.9 Å². The van der Waals surface area contributed by atoms with Crippen LogP contribution in [0.3, 0.4) is 0 Å². The number of nitrogens with one attached hydrogen (secondary N) is 6. The largest absolute Gasteiger partial charge is 0.488 e. The molecule has 9 N–H and O–H groups in total. The number of ether oxygens (including phenoxy) is 3. The number of carboxylic acid groups (broad SMARTS) is 1. The van der Waals surface area contributed by atoms with Crippen molar-refractivity contribution in [2.45, 2.75) is 220 Å². The van der Waals surface area contributed by atoms with Crippen molar-refractivity contribution in [2.24, 2.45) is 17.6 Å². The second kappa shape index (κ2) is 34.3. The van der Waals surface area contributed by atoms with Crippen LogP contribution < -0.4 is 42.4 Å². The molecule has 1 saturated heterocycles. The van der Waals surface area contributed by atoms with E-state index in [-0.39, 0.29) is 44.4 Å². The van der Waals surface area contributed by atoms with Gasteiger partial charge in [-0.05, 0) is 136 Å². The van der Waals surface area contributed by atoms with Gasteiger partial charge < -0.3 is 66.6 Å². The molecule has 1 heterocycles. The van der Waals surface area contributed by atoms with Gasteiger partial charge in [0.1, 0.15) is 59.5 Å². The molecule has 0 spiro atoms. The summed E-state index contributed by atoms with van der Waals surface area (Å²) in [5.74, 6) is -7.96. The summed E-state index contributed by atoms with van der Waals surface area (Å²) in [4.78, 5) is 155. The molecule has 24 nitrogen and oxygen atoms in total. The molecule has 3 aromatic carbocycles. The van der Waals surface area contributed by atoms with Crippen molar-refractivity contribution >= 4 is 65.6 Å². The maximum absolute atomic E-state index is 15.0. The van der Waals surface area contributed by atoms with Crippen LogP contribution in [0.25, 0.3) is 0 Å². The van der Waals surface area contributed by atoms with Crippen LogP contribution in [0.4, 0.5) is 4.79 Å². The van der Waals surface area contributed by atoms with Crippen molar-refractivity contribution in [3.05, 3.63) is 102 Å². The molecule has 500 valence electrons. The standard InChI is InChI=1S/C67H97N9O15/c1-15-41(4)55(73-60(84)51-27-22-34-75(51)63(87)54(40(2)3)72-57(81)48(68)35-43-23-18-16-19-24-43)61(85)71-50(36-44-25-20-17-21-26-44)59(83)74-56(42(5)89-65(6,7)8)62(86)70-49(37-45-28-31-47(32-29-45)90-66(9,10)11)58(82)69-38-52(78)76(64(88)91-67(12,13)14)46(39-77)30-33-53(79)80/h16-21,23-26,28-29,31-32,39-42,46,48-51,54-56H,15,22,27,30,33-38,68H2,1-14H3,(H,69,82)(H,70,86)(H,71,85)(H,72,81)(H,73,84)(H,74,83)(H,79,80)/t41-,42+,46-,48-,49-,50-,51-,54-,55-,56-/m0/s1. The summed E-state index contributed by atoms with van der Waals surface area (Å²) in [7, 11) is 0. The lowest BCUT2D eigenvalue weighted by Crippen LogP contribution is -2.63. The first-order valence-corrected chi connectivity index (χ1v) is 31.1. The molecule has 24 heteroatoms. The van der Waals surface area contributed by atoms with Gasteiger partial charge >= 0.3 is 12.1 Å². The van der Waals surface area contributed by atoms with E-state index in [1.165, 1.54) is 32.6 Å². The molecule has 91 heavy (non-hydrogen) atoms. The van der Waals surface area contributed by atoms with Crippen LogP contribution in [-0.2, 0) is 76.7 Å². The van der Waals surface area contributed by atoms with Crippen molar-refractivity contribution in [1.82, 2.24) is 41.7 Å². The summed E-state index contributed by atoms with van der Waals surface area (Å²) in [5.41, 5.74) is 5.62. The zero-order valence-electron chi connectivity index (χ0n) is 55.2. The number of aldehydes is 1. The monoisotopic (exact) mass is 1270 g/mol. The van der Waals surface area contributed by atoms with Crippen molar-refractivity contribution in [3.8, 4) is 5.75 Å². The van der Waals surface area contributed by atoms with Crippen LogP contribution in [0.1, 0.15) is 146 Å². The first-order valence-electron chi connectivity index (χ1n) is 31.1. The molecule has 1 aliphatic heterocycles. The first kappa shape index (κ1) is 75.2. The summed E-state index contributed by atoms with van der Waals surface area (Å²) in [6.07, 6.45) is -2.21. The number of carbonyl (C=O) groups excluding carboxylic acids is 10. The van der Waals surface area contributed by atoms with Crippen molar-refractivity contribution < 1.29 is 72.1 Å². The average molecular weight is 1270 g/mol. The van der Waals surface area contributed by atoms with E-state index in [9.17, 15) is 48.3 Å². The molecule has 0 unspecified atom stereocenters. The fourth-order valence-electron chi connectivity index (χ4n) is 10.2. The minimum Gasteiger partial charge on any atom is -0.488 e. The number of imide groups is 1. The SMILES string of the molecule is CC[C@H](C)[C@H](NC(=O)[C@@H]1CCCN1C(=O)[C@@H](NC(=O)[C@@H](N)Cc1ccccc1)C(C)C)C(=O)N[C@@H](Cc1ccccc1)C(=O)N[C@H](C(=O)N[C@@H](Cc1ccc(OC(C)(C)C)cc1)C(=O)NCC(=O)N(C(=O)OC(C)(C)C)[C@H](C=O)CCC(=O)O)[C@@H](C)OC(C)(C)C. The van der Waals surface area contributed by atoms with E-state index in [1.807, 2.05) is 58.0 Å². The Bertz CT molecular complexity index is 2960. The lowest BCUT2D eigenvalue weighted by Gasteiger charge is -2.33. The molecule has 0 radical (unpaired) electrons. The summed E-state index contributed by atoms with van der Waals surface area (Å²) in [6, 6.07) is 14.2. The van der Waals surface area contributed by atoms with Crippen LogP contribution in [-0.4, -0.2) is 165 Å². The molecule has 1 fully saturated rings. The van der Waals surface area contributed by atoms with Gasteiger partial charge in [0.15, 0.2) is 0 Å². The Labute approximate surface area is 534 Å². The second-order valence-electron chi connectivity index (χ2n) is 26.5. The highest BCUT2D eigenvalue weighted by Gasteiger charge is 2.43. The molecule has 4 rings (SSSR count). The lowest BCUT2D eigenvalue weighted by molar-refractivity contribution is -0.143. The normalized spacial score (nSPS) is 16.4. The van der Waals surface area contributed by atoms with E-state index in [0.29, 0.717) is 34.6 Å². The summed E-state index contributed by atoms with van der Waals surface area (Å²) >= 11 is 0. The van der Waals surface area contributed by atoms with Crippen LogP contribution in [0.2, 0.25) is 0 Å². The predicted molar refractivity (Wildman–Crippen MR) is 341 cm³/mol. The zero-order chi connectivity index (χ0) is 68.1. The lowest BCUT2D eigenvalue weighted by atomic mass is 9.96. The number of carbonyl (C=O) groups is 11. The summed E-state index contributed by atoms with van der Waals surface area (Å²) in [5, 5.41) is 25.9. The number of nitrogens with two attached hydrogens (primary N) is 1. The van der Waals surface area contributed by atoms with Gasteiger partial charge in [0.25, 0.3) is 5.91 Å². The van der Waals surface area contributed by atoms with E-state index in [0.717, 1.165) is 5.56 Å².